The number of aryl methyl sites for hydroxylation is 1. The van der Waals surface area contributed by atoms with E-state index >= 15 is 0 Å². The lowest BCUT2D eigenvalue weighted by atomic mass is 10.3. The van der Waals surface area contributed by atoms with Crippen LogP contribution in [-0.2, 0) is 7.05 Å². The summed E-state index contributed by atoms with van der Waals surface area (Å²) in [5.41, 5.74) is 1.57. The largest absolute Gasteiger partial charge is 0.322 e. The Labute approximate surface area is 96.4 Å². The Kier molecular flexibility index (Phi) is 1.84. The summed E-state index contributed by atoms with van der Waals surface area (Å²) in [4.78, 5) is 8.62. The summed E-state index contributed by atoms with van der Waals surface area (Å²) in [5.74, 6) is 1.58. The summed E-state index contributed by atoms with van der Waals surface area (Å²) >= 11 is 1.50. The van der Waals surface area contributed by atoms with E-state index in [0.29, 0.717) is 5.95 Å². The van der Waals surface area contributed by atoms with Crippen molar-refractivity contribution in [2.24, 2.45) is 7.05 Å². The van der Waals surface area contributed by atoms with Crippen LogP contribution < -0.4 is 5.32 Å². The van der Waals surface area contributed by atoms with Crippen LogP contribution in [0, 0.1) is 0 Å². The van der Waals surface area contributed by atoms with Crippen LogP contribution in [0.2, 0.25) is 0 Å². The van der Waals surface area contributed by atoms with Crippen LogP contribution in [-0.4, -0.2) is 30.6 Å². The minimum Gasteiger partial charge on any atom is -0.322 e. The van der Waals surface area contributed by atoms with Gasteiger partial charge in [0.05, 0.1) is 12.0 Å². The molecule has 0 amide bonds. The molecule has 0 saturated carbocycles. The normalized spacial score (nSPS) is 13.2. The molecule has 0 spiro atoms. The van der Waals surface area contributed by atoms with E-state index in [1.165, 1.54) is 11.8 Å². The highest BCUT2D eigenvalue weighted by atomic mass is 32.2. The van der Waals surface area contributed by atoms with Gasteiger partial charge in [0.1, 0.15) is 5.69 Å². The first-order valence-corrected chi connectivity index (χ1v) is 5.92. The predicted octanol–water partition coefficient (Wildman–Crippen LogP) is 1.12. The van der Waals surface area contributed by atoms with Crippen molar-refractivity contribution in [2.45, 2.75) is 5.16 Å². The number of nitrogens with one attached hydrogen (secondary N) is 1. The van der Waals surface area contributed by atoms with Gasteiger partial charge in [0.25, 0.3) is 0 Å². The Morgan fingerprint density at radius 1 is 1.50 bits per heavy atom. The number of hydrogen-bond acceptors (Lipinski definition) is 5. The quantitative estimate of drug-likeness (QED) is 0.749. The Morgan fingerprint density at radius 2 is 2.31 bits per heavy atom. The van der Waals surface area contributed by atoms with Gasteiger partial charge in [-0.25, -0.2) is 4.98 Å². The van der Waals surface area contributed by atoms with Crippen molar-refractivity contribution in [1.29, 1.82) is 0 Å². The van der Waals surface area contributed by atoms with E-state index in [-0.39, 0.29) is 0 Å². The van der Waals surface area contributed by atoms with Gasteiger partial charge < -0.3 is 9.88 Å². The van der Waals surface area contributed by atoms with Crippen molar-refractivity contribution in [3.05, 3.63) is 18.6 Å². The first kappa shape index (κ1) is 9.46. The van der Waals surface area contributed by atoms with Gasteiger partial charge >= 0.3 is 0 Å². The average Bonchev–Trinajstić information content (AvgIpc) is 2.82. The van der Waals surface area contributed by atoms with E-state index in [0.717, 1.165) is 22.4 Å². The first-order chi connectivity index (χ1) is 7.70. The lowest BCUT2D eigenvalue weighted by Crippen LogP contribution is -2.16. The van der Waals surface area contributed by atoms with E-state index in [1.807, 2.05) is 17.9 Å². The molecule has 82 valence electrons. The highest BCUT2D eigenvalue weighted by Gasteiger charge is 2.25. The summed E-state index contributed by atoms with van der Waals surface area (Å²) in [6.07, 6.45) is 3.69. The van der Waals surface area contributed by atoms with Gasteiger partial charge in [0.15, 0.2) is 5.82 Å². The minimum absolute atomic E-state index is 0.686. The summed E-state index contributed by atoms with van der Waals surface area (Å²) in [7, 11) is 1.93. The van der Waals surface area contributed by atoms with Crippen LogP contribution in [0.25, 0.3) is 11.5 Å². The number of hydrogen-bond donors (Lipinski definition) is 1. The van der Waals surface area contributed by atoms with Gasteiger partial charge in [-0.3, -0.25) is 0 Å². The summed E-state index contributed by atoms with van der Waals surface area (Å²) in [6.45, 7) is 3.93. The SMILES string of the molecule is C=C1Nc2nc(SC)nn2-c2c1ncn2C. The number of imidazole rings is 1. The molecule has 0 saturated heterocycles. The highest BCUT2D eigenvalue weighted by molar-refractivity contribution is 7.98. The van der Waals surface area contributed by atoms with Crippen LogP contribution in [0.4, 0.5) is 5.95 Å². The van der Waals surface area contributed by atoms with E-state index in [1.54, 1.807) is 11.0 Å². The maximum atomic E-state index is 4.38. The average molecular weight is 234 g/mol. The molecule has 0 unspecified atom stereocenters. The lowest BCUT2D eigenvalue weighted by Gasteiger charge is -2.16. The number of anilines is 1. The summed E-state index contributed by atoms with van der Waals surface area (Å²) < 4.78 is 3.66. The number of fused-ring (bicyclic) bond motifs is 3. The van der Waals surface area contributed by atoms with E-state index in [4.69, 9.17) is 0 Å². The number of aromatic nitrogens is 5. The fourth-order valence-corrected chi connectivity index (χ4v) is 2.03. The smallest absolute Gasteiger partial charge is 0.233 e. The molecule has 3 heterocycles. The van der Waals surface area contributed by atoms with Crippen LogP contribution >= 0.6 is 11.8 Å². The number of nitrogens with zero attached hydrogens (tertiary/aromatic N) is 5. The van der Waals surface area contributed by atoms with Crippen molar-refractivity contribution in [3.63, 3.8) is 0 Å². The zero-order valence-electron chi connectivity index (χ0n) is 8.93. The Morgan fingerprint density at radius 3 is 3.06 bits per heavy atom. The van der Waals surface area contributed by atoms with Crippen LogP contribution in [0.3, 0.4) is 0 Å². The monoisotopic (exact) mass is 234 g/mol. The fourth-order valence-electron chi connectivity index (χ4n) is 1.69. The van der Waals surface area contributed by atoms with Crippen molar-refractivity contribution < 1.29 is 0 Å². The second-order valence-corrected chi connectivity index (χ2v) is 4.24. The lowest BCUT2D eigenvalue weighted by molar-refractivity contribution is 0.752. The topological polar surface area (TPSA) is 60.6 Å². The van der Waals surface area contributed by atoms with Crippen molar-refractivity contribution in [2.75, 3.05) is 11.6 Å². The van der Waals surface area contributed by atoms with Gasteiger partial charge in [-0.2, -0.15) is 9.67 Å². The molecule has 0 radical (unpaired) electrons. The molecule has 0 aromatic carbocycles. The minimum atomic E-state index is 0.686. The van der Waals surface area contributed by atoms with Crippen LogP contribution in [0.5, 0.6) is 0 Å². The van der Waals surface area contributed by atoms with E-state index in [2.05, 4.69) is 27.0 Å². The molecule has 2 aromatic rings. The van der Waals surface area contributed by atoms with Gasteiger partial charge in [0.2, 0.25) is 11.1 Å². The van der Waals surface area contributed by atoms with Crippen LogP contribution in [0.15, 0.2) is 18.1 Å². The maximum Gasteiger partial charge on any atom is 0.233 e. The molecule has 1 aliphatic rings. The molecule has 0 atom stereocenters. The standard InChI is InChI=1S/C9H10N6S/c1-5-6-7(14(2)4-10-6)15-8(11-5)12-9(13-15)16-3/h4H,1H2,2-3H3,(H,11,12,13). The second kappa shape index (κ2) is 3.11. The third kappa shape index (κ3) is 1.12. The van der Waals surface area contributed by atoms with E-state index in [9.17, 15) is 0 Å². The summed E-state index contributed by atoms with van der Waals surface area (Å²) in [6, 6.07) is 0. The molecular weight excluding hydrogens is 224 g/mol. The molecule has 1 N–H and O–H groups in total. The molecule has 0 fully saturated rings. The first-order valence-electron chi connectivity index (χ1n) is 4.69. The van der Waals surface area contributed by atoms with Crippen molar-refractivity contribution >= 4 is 23.4 Å². The molecule has 1 aliphatic heterocycles. The molecular formula is C9H10N6S. The van der Waals surface area contributed by atoms with Crippen molar-refractivity contribution in [1.82, 2.24) is 24.3 Å². The molecule has 7 heteroatoms. The number of rotatable bonds is 1. The Hall–Kier alpha value is -1.76. The zero-order chi connectivity index (χ0) is 11.3. The molecule has 0 aliphatic carbocycles. The maximum absolute atomic E-state index is 4.38. The summed E-state index contributed by atoms with van der Waals surface area (Å²) in [5, 5.41) is 8.20. The highest BCUT2D eigenvalue weighted by Crippen LogP contribution is 2.29. The molecule has 2 aromatic heterocycles. The van der Waals surface area contributed by atoms with E-state index < -0.39 is 0 Å². The van der Waals surface area contributed by atoms with Gasteiger partial charge in [-0.05, 0) is 6.26 Å². The second-order valence-electron chi connectivity index (χ2n) is 3.47. The molecule has 16 heavy (non-hydrogen) atoms. The van der Waals surface area contributed by atoms with Crippen molar-refractivity contribution in [3.8, 4) is 5.82 Å². The fraction of sp³-hybridized carbons (Fsp3) is 0.222. The zero-order valence-corrected chi connectivity index (χ0v) is 9.75. The van der Waals surface area contributed by atoms with Gasteiger partial charge in [-0.15, -0.1) is 5.10 Å². The number of thioether (sulfide) groups is 1. The Balaban J connectivity index is 2.29. The molecule has 3 rings (SSSR count). The van der Waals surface area contributed by atoms with Crippen LogP contribution in [0.1, 0.15) is 5.69 Å². The van der Waals surface area contributed by atoms with Gasteiger partial charge in [-0.1, -0.05) is 18.3 Å². The third-order valence-corrected chi connectivity index (χ3v) is 2.96. The third-order valence-electron chi connectivity index (χ3n) is 2.43. The molecule has 0 bridgehead atoms. The van der Waals surface area contributed by atoms with Gasteiger partial charge in [0, 0.05) is 7.05 Å². The Bertz CT molecular complexity index is 581. The molecule has 6 nitrogen and oxygen atoms in total. The predicted molar refractivity (Wildman–Crippen MR) is 62.6 cm³/mol.